The van der Waals surface area contributed by atoms with E-state index in [9.17, 15) is 14.9 Å². The summed E-state index contributed by atoms with van der Waals surface area (Å²) in [5, 5.41) is 15.9. The topological polar surface area (TPSA) is 82.0 Å². The molecular weight excluding hydrogens is 406 g/mol. The molecule has 31 heavy (non-hydrogen) atoms. The lowest BCUT2D eigenvalue weighted by atomic mass is 9.86. The van der Waals surface area contributed by atoms with Crippen molar-refractivity contribution in [3.8, 4) is 6.07 Å². The van der Waals surface area contributed by atoms with E-state index in [-0.39, 0.29) is 29.9 Å². The normalized spacial score (nSPS) is 16.1. The summed E-state index contributed by atoms with van der Waals surface area (Å²) in [5.41, 5.74) is 5.65. The molecule has 0 unspecified atom stereocenters. The molecule has 0 bridgehead atoms. The van der Waals surface area contributed by atoms with E-state index in [0.717, 1.165) is 22.4 Å². The second-order valence-corrected chi connectivity index (χ2v) is 9.10. The van der Waals surface area contributed by atoms with Crippen LogP contribution < -0.4 is 10.6 Å². The number of amides is 2. The van der Waals surface area contributed by atoms with Crippen LogP contribution in [-0.2, 0) is 9.59 Å². The predicted octanol–water partition coefficient (Wildman–Crippen LogP) is 5.14. The molecule has 2 aromatic rings. The van der Waals surface area contributed by atoms with Crippen LogP contribution in [0.1, 0.15) is 54.4 Å². The van der Waals surface area contributed by atoms with Crippen LogP contribution in [0.5, 0.6) is 0 Å². The van der Waals surface area contributed by atoms with E-state index >= 15 is 0 Å². The second-order valence-electron chi connectivity index (χ2n) is 8.12. The van der Waals surface area contributed by atoms with Gasteiger partial charge in [-0.3, -0.25) is 9.59 Å². The highest BCUT2D eigenvalue weighted by atomic mass is 32.2. The van der Waals surface area contributed by atoms with Crippen molar-refractivity contribution in [2.75, 3.05) is 11.1 Å². The van der Waals surface area contributed by atoms with Crippen molar-refractivity contribution in [1.82, 2.24) is 5.32 Å². The monoisotopic (exact) mass is 433 g/mol. The minimum atomic E-state index is -0.301. The van der Waals surface area contributed by atoms with E-state index in [0.29, 0.717) is 16.5 Å². The number of anilines is 1. The minimum Gasteiger partial charge on any atom is -0.325 e. The van der Waals surface area contributed by atoms with Crippen LogP contribution in [-0.4, -0.2) is 17.6 Å². The number of nitrogens with one attached hydrogen (secondary N) is 2. The number of carbonyl (C=O) groups excluding carboxylic acids is 2. The van der Waals surface area contributed by atoms with Gasteiger partial charge in [-0.25, -0.2) is 0 Å². The number of nitriles is 1. The molecule has 1 aliphatic heterocycles. The van der Waals surface area contributed by atoms with Crippen LogP contribution >= 0.6 is 11.8 Å². The summed E-state index contributed by atoms with van der Waals surface area (Å²) in [7, 11) is 0. The third-order valence-corrected chi connectivity index (χ3v) is 6.52. The Balaban J connectivity index is 1.74. The van der Waals surface area contributed by atoms with Gasteiger partial charge < -0.3 is 10.6 Å². The van der Waals surface area contributed by atoms with E-state index in [1.165, 1.54) is 17.3 Å². The van der Waals surface area contributed by atoms with Gasteiger partial charge in [-0.2, -0.15) is 5.26 Å². The number of benzene rings is 2. The van der Waals surface area contributed by atoms with Gasteiger partial charge in [0.25, 0.3) is 0 Å². The Morgan fingerprint density at radius 3 is 2.52 bits per heavy atom. The Bertz CT molecular complexity index is 1070. The molecule has 6 heteroatoms. The molecular formula is C25H27N3O2S. The van der Waals surface area contributed by atoms with Crippen LogP contribution in [0, 0.1) is 25.2 Å². The number of hydrogen-bond acceptors (Lipinski definition) is 4. The van der Waals surface area contributed by atoms with Crippen LogP contribution in [0.3, 0.4) is 0 Å². The van der Waals surface area contributed by atoms with Gasteiger partial charge in [0.05, 0.1) is 22.4 Å². The summed E-state index contributed by atoms with van der Waals surface area (Å²) in [6, 6.07) is 16.1. The highest BCUT2D eigenvalue weighted by Crippen LogP contribution is 2.36. The maximum absolute atomic E-state index is 12.4. The first-order chi connectivity index (χ1) is 14.8. The summed E-state index contributed by atoms with van der Waals surface area (Å²) in [5.74, 6) is -0.112. The number of thioether (sulfide) groups is 1. The van der Waals surface area contributed by atoms with Crippen LogP contribution in [0.15, 0.2) is 53.1 Å². The average Bonchev–Trinajstić information content (AvgIpc) is 2.74. The fraction of sp³-hybridized carbons (Fsp3) is 0.320. The molecule has 3 rings (SSSR count). The number of hydrogen-bond donors (Lipinski definition) is 2. The van der Waals surface area contributed by atoms with E-state index < -0.39 is 0 Å². The maximum atomic E-state index is 12.4. The van der Waals surface area contributed by atoms with Crippen LogP contribution in [0.25, 0.3) is 0 Å². The van der Waals surface area contributed by atoms with Gasteiger partial charge in [0.15, 0.2) is 0 Å². The van der Waals surface area contributed by atoms with Gasteiger partial charge in [-0.05, 0) is 54.2 Å². The molecule has 1 aliphatic rings. The maximum Gasteiger partial charge on any atom is 0.234 e. The molecule has 0 saturated carbocycles. The molecule has 0 aromatic heterocycles. The first-order valence-electron chi connectivity index (χ1n) is 10.3. The highest BCUT2D eigenvalue weighted by Gasteiger charge is 2.30. The lowest BCUT2D eigenvalue weighted by Crippen LogP contribution is -2.31. The third-order valence-electron chi connectivity index (χ3n) is 5.50. The van der Waals surface area contributed by atoms with Crippen LogP contribution in [0.4, 0.5) is 5.69 Å². The van der Waals surface area contributed by atoms with Crippen molar-refractivity contribution in [3.05, 3.63) is 75.3 Å². The van der Waals surface area contributed by atoms with Crippen LogP contribution in [0.2, 0.25) is 0 Å². The standard InChI is InChI=1S/C25H27N3O2S/c1-15(2)18-6-8-19(9-7-18)21-12-23(29)28-25(22(21)13-26)31-14-24(30)27-20-10-5-16(3)17(4)11-20/h5-11,15,21H,12,14H2,1-4H3,(H,27,30)(H,28,29)/t21-/m1/s1. The molecule has 0 spiro atoms. The van der Waals surface area contributed by atoms with E-state index in [1.54, 1.807) is 0 Å². The lowest BCUT2D eigenvalue weighted by molar-refractivity contribution is -0.121. The van der Waals surface area contributed by atoms with Crippen molar-refractivity contribution in [3.63, 3.8) is 0 Å². The summed E-state index contributed by atoms with van der Waals surface area (Å²) in [4.78, 5) is 24.8. The van der Waals surface area contributed by atoms with Gasteiger partial charge >= 0.3 is 0 Å². The minimum absolute atomic E-state index is 0.104. The van der Waals surface area contributed by atoms with Gasteiger partial charge in [0, 0.05) is 18.0 Å². The molecule has 5 nitrogen and oxygen atoms in total. The number of allylic oxidation sites excluding steroid dienone is 1. The third kappa shape index (κ3) is 5.56. The Kier molecular flexibility index (Phi) is 7.19. The average molecular weight is 434 g/mol. The smallest absolute Gasteiger partial charge is 0.234 e. The first-order valence-corrected chi connectivity index (χ1v) is 11.3. The van der Waals surface area contributed by atoms with Gasteiger partial charge in [-0.1, -0.05) is 55.9 Å². The van der Waals surface area contributed by atoms with Crippen molar-refractivity contribution in [2.24, 2.45) is 0 Å². The van der Waals surface area contributed by atoms with E-state index in [1.807, 2.05) is 56.3 Å². The molecule has 2 aromatic carbocycles. The molecule has 0 aliphatic carbocycles. The van der Waals surface area contributed by atoms with Crippen molar-refractivity contribution in [1.29, 1.82) is 5.26 Å². The molecule has 2 N–H and O–H groups in total. The van der Waals surface area contributed by atoms with Crippen molar-refractivity contribution in [2.45, 2.75) is 46.0 Å². The predicted molar refractivity (Wildman–Crippen MR) is 126 cm³/mol. The molecule has 160 valence electrons. The zero-order valence-electron chi connectivity index (χ0n) is 18.3. The zero-order chi connectivity index (χ0) is 22.5. The Morgan fingerprint density at radius 2 is 1.90 bits per heavy atom. The second kappa shape index (κ2) is 9.84. The fourth-order valence-corrected chi connectivity index (χ4v) is 4.36. The Hall–Kier alpha value is -3.04. The Morgan fingerprint density at radius 1 is 1.19 bits per heavy atom. The highest BCUT2D eigenvalue weighted by molar-refractivity contribution is 8.03. The first kappa shape index (κ1) is 22.6. The number of carbonyl (C=O) groups is 2. The van der Waals surface area contributed by atoms with Gasteiger partial charge in [0.2, 0.25) is 11.8 Å². The molecule has 1 atom stereocenters. The lowest BCUT2D eigenvalue weighted by Gasteiger charge is -2.25. The SMILES string of the molecule is Cc1ccc(NC(=O)CSC2=C(C#N)[C@@H](c3ccc(C(C)C)cc3)CC(=O)N2)cc1C. The summed E-state index contributed by atoms with van der Waals surface area (Å²) in [6.07, 6.45) is 0.225. The summed E-state index contributed by atoms with van der Waals surface area (Å²) < 4.78 is 0. The molecule has 0 fully saturated rings. The van der Waals surface area contributed by atoms with E-state index in [2.05, 4.69) is 30.6 Å². The fourth-order valence-electron chi connectivity index (χ4n) is 3.48. The molecule has 1 heterocycles. The van der Waals surface area contributed by atoms with Crippen molar-refractivity contribution < 1.29 is 9.59 Å². The summed E-state index contributed by atoms with van der Waals surface area (Å²) >= 11 is 1.19. The van der Waals surface area contributed by atoms with E-state index in [4.69, 9.17) is 0 Å². The summed E-state index contributed by atoms with van der Waals surface area (Å²) in [6.45, 7) is 8.27. The quantitative estimate of drug-likeness (QED) is 0.661. The molecule has 2 amide bonds. The van der Waals surface area contributed by atoms with Gasteiger partial charge in [0.1, 0.15) is 0 Å². The number of rotatable bonds is 6. The molecule has 0 radical (unpaired) electrons. The Labute approximate surface area is 187 Å². The van der Waals surface area contributed by atoms with Crippen molar-refractivity contribution >= 4 is 29.3 Å². The van der Waals surface area contributed by atoms with Gasteiger partial charge in [-0.15, -0.1) is 0 Å². The number of nitrogens with zero attached hydrogens (tertiary/aromatic N) is 1. The molecule has 0 saturated heterocycles. The zero-order valence-corrected chi connectivity index (χ0v) is 19.1. The number of aryl methyl sites for hydroxylation is 2. The largest absolute Gasteiger partial charge is 0.325 e.